The number of aliphatic imine (C=N–C) groups is 1. The van der Waals surface area contributed by atoms with Gasteiger partial charge in [0.2, 0.25) is 0 Å². The van der Waals surface area contributed by atoms with Crippen LogP contribution >= 0.6 is 0 Å². The summed E-state index contributed by atoms with van der Waals surface area (Å²) in [4.78, 5) is 8.15. The second-order valence-electron chi connectivity index (χ2n) is 2.68. The Labute approximate surface area is 71.0 Å². The van der Waals surface area contributed by atoms with Crippen LogP contribution < -0.4 is 0 Å². The largest absolute Gasteiger partial charge is 0.264 e. The first kappa shape index (κ1) is 7.01. The molecule has 0 N–H and O–H groups in total. The Morgan fingerprint density at radius 1 is 1.33 bits per heavy atom. The number of aryl methyl sites for hydroxylation is 1. The summed E-state index contributed by atoms with van der Waals surface area (Å²) >= 11 is 0. The van der Waals surface area contributed by atoms with E-state index in [-0.39, 0.29) is 0 Å². The molecule has 0 aliphatic carbocycles. The zero-order valence-electron chi connectivity index (χ0n) is 6.78. The number of rotatable bonds is 0. The van der Waals surface area contributed by atoms with Crippen LogP contribution in [-0.4, -0.2) is 11.2 Å². The highest BCUT2D eigenvalue weighted by Crippen LogP contribution is 2.12. The molecule has 0 spiro atoms. The van der Waals surface area contributed by atoms with Crippen LogP contribution in [0, 0.1) is 6.92 Å². The predicted octanol–water partition coefficient (Wildman–Crippen LogP) is 1.95. The van der Waals surface area contributed by atoms with Crippen LogP contribution in [0.4, 0.5) is 0 Å². The monoisotopic (exact) mass is 156 g/mol. The molecule has 1 aromatic heterocycles. The van der Waals surface area contributed by atoms with Crippen LogP contribution in [-0.2, 0) is 0 Å². The molecule has 0 saturated heterocycles. The topological polar surface area (TPSA) is 25.2 Å². The first-order valence-corrected chi connectivity index (χ1v) is 3.76. The van der Waals surface area contributed by atoms with Crippen LogP contribution in [0.2, 0.25) is 0 Å². The van der Waals surface area contributed by atoms with E-state index in [1.807, 2.05) is 31.6 Å². The molecular formula is C10H8N2. The fraction of sp³-hybridized carbons (Fsp3) is 0.100. The van der Waals surface area contributed by atoms with Gasteiger partial charge in [0.1, 0.15) is 0 Å². The van der Waals surface area contributed by atoms with E-state index in [4.69, 9.17) is 0 Å². The van der Waals surface area contributed by atoms with Crippen molar-refractivity contribution in [2.45, 2.75) is 6.92 Å². The highest BCUT2D eigenvalue weighted by molar-refractivity contribution is 5.87. The maximum atomic E-state index is 4.09. The molecule has 0 radical (unpaired) electrons. The van der Waals surface area contributed by atoms with Crippen molar-refractivity contribution >= 4 is 12.3 Å². The van der Waals surface area contributed by atoms with E-state index in [1.54, 1.807) is 6.20 Å². The van der Waals surface area contributed by atoms with E-state index in [9.17, 15) is 0 Å². The van der Waals surface area contributed by atoms with E-state index in [0.717, 1.165) is 16.7 Å². The molecule has 0 atom stereocenters. The molecule has 1 aromatic rings. The lowest BCUT2D eigenvalue weighted by Crippen LogP contribution is -1.92. The summed E-state index contributed by atoms with van der Waals surface area (Å²) in [5, 5.41) is 0. The van der Waals surface area contributed by atoms with Gasteiger partial charge in [-0.25, -0.2) is 0 Å². The Morgan fingerprint density at radius 2 is 2.25 bits per heavy atom. The van der Waals surface area contributed by atoms with Gasteiger partial charge in [-0.2, -0.15) is 0 Å². The summed E-state index contributed by atoms with van der Waals surface area (Å²) in [5.74, 6) is 0. The van der Waals surface area contributed by atoms with Crippen LogP contribution in [0.5, 0.6) is 0 Å². The Kier molecular flexibility index (Phi) is 1.61. The van der Waals surface area contributed by atoms with Gasteiger partial charge in [0.15, 0.2) is 0 Å². The molecule has 2 heterocycles. The minimum atomic E-state index is 1.08. The van der Waals surface area contributed by atoms with Crippen molar-refractivity contribution < 1.29 is 0 Å². The molecule has 0 bridgehead atoms. The van der Waals surface area contributed by atoms with Gasteiger partial charge in [0.05, 0.1) is 6.20 Å². The summed E-state index contributed by atoms with van der Waals surface area (Å²) in [5.41, 5.74) is 6.29. The molecule has 2 nitrogen and oxygen atoms in total. The van der Waals surface area contributed by atoms with Gasteiger partial charge in [-0.05, 0) is 18.6 Å². The highest BCUT2D eigenvalue weighted by Gasteiger charge is 2.01. The van der Waals surface area contributed by atoms with E-state index >= 15 is 0 Å². The number of aromatic nitrogens is 1. The van der Waals surface area contributed by atoms with Crippen LogP contribution in [0.1, 0.15) is 16.7 Å². The lowest BCUT2D eigenvalue weighted by molar-refractivity contribution is 1.25. The summed E-state index contributed by atoms with van der Waals surface area (Å²) in [6.07, 6.45) is 9.04. The van der Waals surface area contributed by atoms with Gasteiger partial charge in [0.25, 0.3) is 0 Å². The Bertz CT molecular complexity index is 396. The van der Waals surface area contributed by atoms with E-state index in [2.05, 4.69) is 15.7 Å². The first-order valence-electron chi connectivity index (χ1n) is 3.76. The highest BCUT2D eigenvalue weighted by atomic mass is 14.7. The molecule has 12 heavy (non-hydrogen) atoms. The number of hydrogen-bond acceptors (Lipinski definition) is 2. The van der Waals surface area contributed by atoms with E-state index in [1.165, 1.54) is 0 Å². The molecule has 0 unspecified atom stereocenters. The van der Waals surface area contributed by atoms with Crippen molar-refractivity contribution in [3.05, 3.63) is 41.0 Å². The van der Waals surface area contributed by atoms with Crippen molar-refractivity contribution in [2.24, 2.45) is 4.99 Å². The van der Waals surface area contributed by atoms with Gasteiger partial charge in [-0.1, -0.05) is 0 Å². The van der Waals surface area contributed by atoms with E-state index in [0.29, 0.717) is 0 Å². The van der Waals surface area contributed by atoms with Gasteiger partial charge < -0.3 is 0 Å². The Morgan fingerprint density at radius 3 is 3.17 bits per heavy atom. The molecule has 0 aromatic carbocycles. The fourth-order valence-corrected chi connectivity index (χ4v) is 1.17. The number of hydrogen-bond donors (Lipinski definition) is 0. The van der Waals surface area contributed by atoms with Gasteiger partial charge in [0, 0.05) is 29.7 Å². The van der Waals surface area contributed by atoms with Crippen molar-refractivity contribution in [1.29, 1.82) is 0 Å². The molecule has 1 aliphatic rings. The summed E-state index contributed by atoms with van der Waals surface area (Å²) in [7, 11) is 0. The first-order chi connectivity index (χ1) is 5.88. The molecular weight excluding hydrogens is 148 g/mol. The van der Waals surface area contributed by atoms with Crippen molar-refractivity contribution in [3.63, 3.8) is 0 Å². The minimum absolute atomic E-state index is 1.08. The van der Waals surface area contributed by atoms with E-state index < -0.39 is 0 Å². The lowest BCUT2D eigenvalue weighted by Gasteiger charge is -2.00. The lowest BCUT2D eigenvalue weighted by atomic mass is 10.1. The molecule has 1 aliphatic heterocycles. The van der Waals surface area contributed by atoms with Crippen LogP contribution in [0.15, 0.2) is 29.3 Å². The Balaban J connectivity index is 2.72. The zero-order valence-corrected chi connectivity index (χ0v) is 6.78. The third-order valence-electron chi connectivity index (χ3n) is 1.81. The average molecular weight is 156 g/mol. The summed E-state index contributed by atoms with van der Waals surface area (Å²) in [6, 6.07) is 0. The van der Waals surface area contributed by atoms with Crippen molar-refractivity contribution in [1.82, 2.24) is 4.98 Å². The third-order valence-corrected chi connectivity index (χ3v) is 1.81. The number of pyridine rings is 1. The maximum Gasteiger partial charge on any atom is 0.0686 e. The quantitative estimate of drug-likeness (QED) is 0.527. The third kappa shape index (κ3) is 1.09. The van der Waals surface area contributed by atoms with Crippen LogP contribution in [0.3, 0.4) is 0 Å². The van der Waals surface area contributed by atoms with Gasteiger partial charge in [-0.15, -0.1) is 5.73 Å². The second-order valence-corrected chi connectivity index (χ2v) is 2.68. The molecule has 0 saturated carbocycles. The molecule has 58 valence electrons. The minimum Gasteiger partial charge on any atom is -0.264 e. The van der Waals surface area contributed by atoms with Crippen molar-refractivity contribution in [2.75, 3.05) is 0 Å². The summed E-state index contributed by atoms with van der Waals surface area (Å²) < 4.78 is 0. The second kappa shape index (κ2) is 2.76. The summed E-state index contributed by atoms with van der Waals surface area (Å²) in [6.45, 7) is 2.02. The normalized spacial score (nSPS) is 12.8. The molecule has 2 rings (SSSR count). The SMILES string of the molecule is Cc1cncc2c1C=NC=C=C2. The zero-order chi connectivity index (χ0) is 8.39. The van der Waals surface area contributed by atoms with Crippen molar-refractivity contribution in [3.8, 4) is 0 Å². The smallest absolute Gasteiger partial charge is 0.0686 e. The molecule has 0 fully saturated rings. The standard InChI is InChI=1S/C10H8N2/c1-8-5-12-6-9-3-2-4-11-7-10(8)9/h3-7H,1H3. The predicted molar refractivity (Wildman–Crippen MR) is 49.1 cm³/mol. The number of fused-ring (bicyclic) bond motifs is 1. The fourth-order valence-electron chi connectivity index (χ4n) is 1.17. The Hall–Kier alpha value is -1.66. The van der Waals surface area contributed by atoms with Gasteiger partial charge in [-0.3, -0.25) is 9.98 Å². The molecule has 0 amide bonds. The molecule has 2 heteroatoms. The van der Waals surface area contributed by atoms with Crippen LogP contribution in [0.25, 0.3) is 6.08 Å². The van der Waals surface area contributed by atoms with Gasteiger partial charge >= 0.3 is 0 Å². The average Bonchev–Trinajstić information content (AvgIpc) is 2.30. The maximum absolute atomic E-state index is 4.09. The number of nitrogens with zero attached hydrogens (tertiary/aromatic N) is 2.